The highest BCUT2D eigenvalue weighted by Crippen LogP contribution is 2.44. The molecular formula is C28H30F2N5O6P. The molecule has 2 N–H and O–H groups in total. The number of benzene rings is 2. The Bertz CT molecular complexity index is 1670. The SMILES string of the molecule is CC(C)N(C(=O)c1cccc(OC(F)F)c1)[C@@H]1CCn2c1nc1ccc(-c3cnc(C(C)(C)OP(=O)(O)O)nc3)cc12. The lowest BCUT2D eigenvalue weighted by atomic mass is 10.1. The Kier molecular flexibility index (Phi) is 7.88. The molecule has 14 heteroatoms. The number of imidazole rings is 1. The third kappa shape index (κ3) is 6.05. The van der Waals surface area contributed by atoms with Crippen LogP contribution in [0.1, 0.15) is 62.2 Å². The zero-order chi connectivity index (χ0) is 30.4. The number of aromatic nitrogens is 4. The molecule has 2 aromatic carbocycles. The highest BCUT2D eigenvalue weighted by molar-refractivity contribution is 7.46. The summed E-state index contributed by atoms with van der Waals surface area (Å²) in [4.78, 5) is 47.1. The summed E-state index contributed by atoms with van der Waals surface area (Å²) in [5, 5.41) is 0. The molecule has 3 heterocycles. The molecule has 5 rings (SSSR count). The Labute approximate surface area is 240 Å². The largest absolute Gasteiger partial charge is 0.470 e. The second kappa shape index (κ2) is 11.1. The topological polar surface area (TPSA) is 140 Å². The average Bonchev–Trinajstić information content (AvgIpc) is 3.46. The lowest BCUT2D eigenvalue weighted by molar-refractivity contribution is -0.0499. The Hall–Kier alpha value is -3.77. The van der Waals surface area contributed by atoms with Gasteiger partial charge in [-0.2, -0.15) is 8.78 Å². The fourth-order valence-electron chi connectivity index (χ4n) is 5.27. The molecule has 11 nitrogen and oxygen atoms in total. The van der Waals surface area contributed by atoms with E-state index in [1.807, 2.05) is 32.0 Å². The van der Waals surface area contributed by atoms with Gasteiger partial charge in [-0.1, -0.05) is 12.1 Å². The number of nitrogens with zero attached hydrogens (tertiary/aromatic N) is 5. The first kappa shape index (κ1) is 29.7. The number of halogens is 2. The first-order valence-corrected chi connectivity index (χ1v) is 14.7. The Morgan fingerprint density at radius 1 is 1.12 bits per heavy atom. The maximum Gasteiger partial charge on any atom is 0.470 e. The van der Waals surface area contributed by atoms with Crippen LogP contribution in [0.3, 0.4) is 0 Å². The van der Waals surface area contributed by atoms with E-state index in [0.717, 1.165) is 22.4 Å². The minimum atomic E-state index is -4.75. The van der Waals surface area contributed by atoms with Gasteiger partial charge >= 0.3 is 14.4 Å². The summed E-state index contributed by atoms with van der Waals surface area (Å²) in [6.45, 7) is 4.37. The van der Waals surface area contributed by atoms with Gasteiger partial charge in [-0.25, -0.2) is 19.5 Å². The number of carbonyl (C=O) groups excluding carboxylic acids is 1. The third-order valence-corrected chi connectivity index (χ3v) is 7.70. The highest BCUT2D eigenvalue weighted by atomic mass is 31.2. The van der Waals surface area contributed by atoms with Crippen LogP contribution in [0.2, 0.25) is 0 Å². The molecule has 1 atom stereocenters. The van der Waals surface area contributed by atoms with Gasteiger partial charge in [0.25, 0.3) is 5.91 Å². The summed E-state index contributed by atoms with van der Waals surface area (Å²) < 4.78 is 48.2. The Balaban J connectivity index is 1.43. The molecule has 0 bridgehead atoms. The van der Waals surface area contributed by atoms with Gasteiger partial charge < -0.3 is 24.0 Å². The van der Waals surface area contributed by atoms with E-state index in [0.29, 0.717) is 18.5 Å². The molecule has 42 heavy (non-hydrogen) atoms. The van der Waals surface area contributed by atoms with Gasteiger partial charge in [0.2, 0.25) is 0 Å². The predicted octanol–water partition coefficient (Wildman–Crippen LogP) is 5.43. The molecule has 1 aliphatic rings. The van der Waals surface area contributed by atoms with E-state index >= 15 is 0 Å². The second-order valence-corrected chi connectivity index (χ2v) is 11.9. The first-order chi connectivity index (χ1) is 19.7. The van der Waals surface area contributed by atoms with Crippen LogP contribution in [0.25, 0.3) is 22.2 Å². The Morgan fingerprint density at radius 2 is 1.83 bits per heavy atom. The predicted molar refractivity (Wildman–Crippen MR) is 149 cm³/mol. The Morgan fingerprint density at radius 3 is 2.48 bits per heavy atom. The van der Waals surface area contributed by atoms with Crippen molar-refractivity contribution in [2.24, 2.45) is 0 Å². The lowest BCUT2D eigenvalue weighted by Crippen LogP contribution is -2.39. The number of hydrogen-bond donors (Lipinski definition) is 2. The fourth-order valence-corrected chi connectivity index (χ4v) is 5.95. The average molecular weight is 602 g/mol. The van der Waals surface area contributed by atoms with Crippen molar-refractivity contribution in [3.8, 4) is 16.9 Å². The maximum absolute atomic E-state index is 13.6. The number of amides is 1. The van der Waals surface area contributed by atoms with Crippen molar-refractivity contribution in [1.29, 1.82) is 0 Å². The molecule has 0 saturated carbocycles. The van der Waals surface area contributed by atoms with Gasteiger partial charge in [-0.05, 0) is 70.0 Å². The normalized spacial score (nSPS) is 15.4. The van der Waals surface area contributed by atoms with Crippen LogP contribution in [0.15, 0.2) is 54.9 Å². The molecule has 1 amide bonds. The highest BCUT2D eigenvalue weighted by Gasteiger charge is 2.36. The van der Waals surface area contributed by atoms with Crippen molar-refractivity contribution in [1.82, 2.24) is 24.4 Å². The molecule has 0 unspecified atom stereocenters. The van der Waals surface area contributed by atoms with Crippen LogP contribution in [0.5, 0.6) is 5.75 Å². The van der Waals surface area contributed by atoms with Crippen LogP contribution in [-0.4, -0.2) is 52.8 Å². The number of fused-ring (bicyclic) bond motifs is 3. The van der Waals surface area contributed by atoms with Gasteiger partial charge in [0.05, 0.1) is 17.1 Å². The number of phosphoric acid groups is 1. The summed E-state index contributed by atoms with van der Waals surface area (Å²) in [7, 11) is -4.75. The molecule has 1 aliphatic heterocycles. The van der Waals surface area contributed by atoms with E-state index in [4.69, 9.17) is 9.51 Å². The monoisotopic (exact) mass is 601 g/mol. The molecular weight excluding hydrogens is 571 g/mol. The van der Waals surface area contributed by atoms with Crippen molar-refractivity contribution < 1.29 is 37.2 Å². The van der Waals surface area contributed by atoms with Crippen LogP contribution in [-0.2, 0) is 21.2 Å². The second-order valence-electron chi connectivity index (χ2n) is 10.7. The van der Waals surface area contributed by atoms with E-state index in [1.165, 1.54) is 32.0 Å². The van der Waals surface area contributed by atoms with Gasteiger partial charge in [0, 0.05) is 36.1 Å². The quantitative estimate of drug-likeness (QED) is 0.240. The van der Waals surface area contributed by atoms with Crippen molar-refractivity contribution >= 4 is 24.8 Å². The minimum Gasteiger partial charge on any atom is -0.435 e. The van der Waals surface area contributed by atoms with Crippen molar-refractivity contribution in [2.75, 3.05) is 0 Å². The fraction of sp³-hybridized carbons (Fsp3) is 0.357. The number of phosphoric ester groups is 1. The number of hydrogen-bond acceptors (Lipinski definition) is 7. The number of alkyl halides is 2. The van der Waals surface area contributed by atoms with Gasteiger partial charge in [0.15, 0.2) is 5.82 Å². The lowest BCUT2D eigenvalue weighted by Gasteiger charge is -2.32. The van der Waals surface area contributed by atoms with Crippen LogP contribution in [0.4, 0.5) is 8.78 Å². The van der Waals surface area contributed by atoms with Crippen molar-refractivity contribution in [3.63, 3.8) is 0 Å². The number of carbonyl (C=O) groups is 1. The van der Waals surface area contributed by atoms with E-state index in [9.17, 15) is 27.9 Å². The summed E-state index contributed by atoms with van der Waals surface area (Å²) >= 11 is 0. The van der Waals surface area contributed by atoms with E-state index in [2.05, 4.69) is 19.3 Å². The molecule has 0 spiro atoms. The standard InChI is InChI=1S/C28H30F2N5O6P/c1-16(2)35(25(36)18-6-5-7-20(12-18)40-27(29)30)22-10-11-34-23-13-17(8-9-21(23)33-24(22)34)19-14-31-26(32-15-19)28(3,4)41-42(37,38)39/h5-9,12-16,22,27H,10-11H2,1-4H3,(H2,37,38,39)/t22-/m1/s1. The van der Waals surface area contributed by atoms with Crippen LogP contribution >= 0.6 is 7.82 Å². The third-order valence-electron chi connectivity index (χ3n) is 7.01. The zero-order valence-corrected chi connectivity index (χ0v) is 24.2. The van der Waals surface area contributed by atoms with Crippen molar-refractivity contribution in [3.05, 3.63) is 72.1 Å². The zero-order valence-electron chi connectivity index (χ0n) is 23.3. The minimum absolute atomic E-state index is 0.0827. The van der Waals surface area contributed by atoms with Gasteiger partial charge in [-0.3, -0.25) is 9.32 Å². The van der Waals surface area contributed by atoms with Gasteiger partial charge in [-0.15, -0.1) is 0 Å². The van der Waals surface area contributed by atoms with E-state index < -0.39 is 20.0 Å². The molecule has 222 valence electrons. The molecule has 0 radical (unpaired) electrons. The van der Waals surface area contributed by atoms with Crippen molar-refractivity contribution in [2.45, 2.75) is 65.0 Å². The molecule has 0 saturated heterocycles. The van der Waals surface area contributed by atoms with E-state index in [-0.39, 0.29) is 35.1 Å². The number of ether oxygens (including phenoxy) is 1. The van der Waals surface area contributed by atoms with Crippen LogP contribution < -0.4 is 4.74 Å². The summed E-state index contributed by atoms with van der Waals surface area (Å²) in [5.74, 6) is 0.458. The summed E-state index contributed by atoms with van der Waals surface area (Å²) in [6, 6.07) is 11.0. The molecule has 0 fully saturated rings. The summed E-state index contributed by atoms with van der Waals surface area (Å²) in [6.07, 6.45) is 3.75. The van der Waals surface area contributed by atoms with Gasteiger partial charge in [0.1, 0.15) is 17.2 Å². The maximum atomic E-state index is 13.6. The van der Waals surface area contributed by atoms with E-state index in [1.54, 1.807) is 23.4 Å². The first-order valence-electron chi connectivity index (χ1n) is 13.2. The summed E-state index contributed by atoms with van der Waals surface area (Å²) in [5.41, 5.74) is 1.94. The smallest absolute Gasteiger partial charge is 0.435 e. The van der Waals surface area contributed by atoms with Crippen LogP contribution in [0, 0.1) is 0 Å². The molecule has 2 aromatic heterocycles. The number of rotatable bonds is 9. The molecule has 4 aromatic rings. The molecule has 0 aliphatic carbocycles. The number of aryl methyl sites for hydroxylation is 1.